The summed E-state index contributed by atoms with van der Waals surface area (Å²) < 4.78 is 0. The van der Waals surface area contributed by atoms with E-state index in [2.05, 4.69) is 15.0 Å². The number of nitrogen functional groups attached to an aromatic ring is 1. The Kier molecular flexibility index (Phi) is 2.88. The van der Waals surface area contributed by atoms with Crippen molar-refractivity contribution >= 4 is 11.6 Å². The van der Waals surface area contributed by atoms with Crippen LogP contribution in [0.4, 0.5) is 11.6 Å². The molecule has 0 unspecified atom stereocenters. The average molecular weight is 245 g/mol. The maximum atomic E-state index is 11.1. The van der Waals surface area contributed by atoms with Crippen molar-refractivity contribution in [2.45, 2.75) is 13.8 Å². The van der Waals surface area contributed by atoms with Crippen molar-refractivity contribution < 1.29 is 4.92 Å². The van der Waals surface area contributed by atoms with Gasteiger partial charge >= 0.3 is 5.69 Å². The van der Waals surface area contributed by atoms with Crippen LogP contribution in [0.3, 0.4) is 0 Å². The van der Waals surface area contributed by atoms with Crippen LogP contribution in [0.5, 0.6) is 0 Å². The largest absolute Gasteiger partial charge is 0.368 e. The predicted molar refractivity (Wildman–Crippen MR) is 65.8 cm³/mol. The van der Waals surface area contributed by atoms with E-state index < -0.39 is 4.92 Å². The van der Waals surface area contributed by atoms with Crippen LogP contribution in [-0.2, 0) is 0 Å². The fraction of sp³-hybridized carbons (Fsp3) is 0.182. The Hall–Kier alpha value is -2.57. The number of hydrogen-bond donors (Lipinski definition) is 1. The van der Waals surface area contributed by atoms with Crippen LogP contribution >= 0.6 is 0 Å². The van der Waals surface area contributed by atoms with Gasteiger partial charge in [0.1, 0.15) is 5.69 Å². The topological polar surface area (TPSA) is 108 Å². The summed E-state index contributed by atoms with van der Waals surface area (Å²) >= 11 is 0. The quantitative estimate of drug-likeness (QED) is 0.636. The Morgan fingerprint density at radius 1 is 1.33 bits per heavy atom. The number of hydrogen-bond acceptors (Lipinski definition) is 6. The van der Waals surface area contributed by atoms with Gasteiger partial charge < -0.3 is 5.73 Å². The second-order valence-corrected chi connectivity index (χ2v) is 3.81. The van der Waals surface area contributed by atoms with Crippen molar-refractivity contribution in [1.29, 1.82) is 0 Å². The standard InChI is InChI=1S/C11H11N5O2/c1-6-5-8(3-4-13-6)9-10(16(17)18)7(2)14-11(12)15-9/h3-5H,1-2H3,(H2,12,14,15). The van der Waals surface area contributed by atoms with Crippen LogP contribution in [0.1, 0.15) is 11.4 Å². The van der Waals surface area contributed by atoms with Gasteiger partial charge in [-0.3, -0.25) is 15.1 Å². The highest BCUT2D eigenvalue weighted by atomic mass is 16.6. The Balaban J connectivity index is 2.73. The number of pyridine rings is 1. The molecular weight excluding hydrogens is 234 g/mol. The minimum atomic E-state index is -0.500. The first-order chi connectivity index (χ1) is 8.49. The van der Waals surface area contributed by atoms with Gasteiger partial charge in [-0.15, -0.1) is 0 Å². The third-order valence-electron chi connectivity index (χ3n) is 2.43. The van der Waals surface area contributed by atoms with Gasteiger partial charge in [0.2, 0.25) is 5.95 Å². The van der Waals surface area contributed by atoms with Crippen molar-refractivity contribution in [3.05, 3.63) is 39.8 Å². The van der Waals surface area contributed by atoms with Crippen molar-refractivity contribution in [1.82, 2.24) is 15.0 Å². The highest BCUT2D eigenvalue weighted by Crippen LogP contribution is 2.30. The smallest absolute Gasteiger partial charge is 0.316 e. The van der Waals surface area contributed by atoms with Crippen LogP contribution in [0.15, 0.2) is 18.3 Å². The normalized spacial score (nSPS) is 10.3. The van der Waals surface area contributed by atoms with Gasteiger partial charge in [0.25, 0.3) is 0 Å². The zero-order chi connectivity index (χ0) is 13.3. The maximum absolute atomic E-state index is 11.1. The average Bonchev–Trinajstić information content (AvgIpc) is 2.27. The van der Waals surface area contributed by atoms with Gasteiger partial charge in [0.15, 0.2) is 5.69 Å². The number of rotatable bonds is 2. The Labute approximate surface area is 103 Å². The van der Waals surface area contributed by atoms with E-state index in [1.54, 1.807) is 25.3 Å². The van der Waals surface area contributed by atoms with Crippen LogP contribution in [-0.4, -0.2) is 19.9 Å². The zero-order valence-corrected chi connectivity index (χ0v) is 9.91. The summed E-state index contributed by atoms with van der Waals surface area (Å²) in [5, 5.41) is 11.1. The van der Waals surface area contributed by atoms with Gasteiger partial charge in [0, 0.05) is 17.5 Å². The monoisotopic (exact) mass is 245 g/mol. The Morgan fingerprint density at radius 2 is 2.06 bits per heavy atom. The number of nitro groups is 1. The van der Waals surface area contributed by atoms with Crippen LogP contribution in [0.25, 0.3) is 11.3 Å². The van der Waals surface area contributed by atoms with Crippen molar-refractivity contribution in [2.24, 2.45) is 0 Å². The molecule has 0 aliphatic rings. The first-order valence-electron chi connectivity index (χ1n) is 5.20. The van der Waals surface area contributed by atoms with Gasteiger partial charge in [-0.2, -0.15) is 0 Å². The number of nitrogens with two attached hydrogens (primary N) is 1. The molecule has 92 valence electrons. The summed E-state index contributed by atoms with van der Waals surface area (Å²) in [4.78, 5) is 22.4. The van der Waals surface area contributed by atoms with E-state index in [0.29, 0.717) is 5.56 Å². The predicted octanol–water partition coefficient (Wildman–Crippen LogP) is 1.65. The number of aryl methyl sites for hydroxylation is 2. The summed E-state index contributed by atoms with van der Waals surface area (Å²) in [6.07, 6.45) is 1.57. The Morgan fingerprint density at radius 3 is 2.67 bits per heavy atom. The fourth-order valence-electron chi connectivity index (χ4n) is 1.70. The minimum Gasteiger partial charge on any atom is -0.368 e. The van der Waals surface area contributed by atoms with Crippen molar-refractivity contribution in [3.63, 3.8) is 0 Å². The van der Waals surface area contributed by atoms with E-state index in [1.165, 1.54) is 6.92 Å². The van der Waals surface area contributed by atoms with E-state index >= 15 is 0 Å². The van der Waals surface area contributed by atoms with Gasteiger partial charge in [-0.1, -0.05) is 0 Å². The van der Waals surface area contributed by atoms with Gasteiger partial charge in [0.05, 0.1) is 4.92 Å². The molecule has 0 amide bonds. The molecule has 0 aromatic carbocycles. The number of aromatic nitrogens is 3. The highest BCUT2D eigenvalue weighted by Gasteiger charge is 2.22. The van der Waals surface area contributed by atoms with Gasteiger partial charge in [-0.05, 0) is 26.0 Å². The molecule has 0 bridgehead atoms. The summed E-state index contributed by atoms with van der Waals surface area (Å²) in [7, 11) is 0. The van der Waals surface area contributed by atoms with Crippen molar-refractivity contribution in [3.8, 4) is 11.3 Å². The second-order valence-electron chi connectivity index (χ2n) is 3.81. The molecule has 0 saturated heterocycles. The zero-order valence-electron chi connectivity index (χ0n) is 9.91. The SMILES string of the molecule is Cc1cc(-c2nc(N)nc(C)c2[N+](=O)[O-])ccn1. The van der Waals surface area contributed by atoms with E-state index in [0.717, 1.165) is 5.69 Å². The molecule has 0 aliphatic heterocycles. The lowest BCUT2D eigenvalue weighted by atomic mass is 10.1. The lowest BCUT2D eigenvalue weighted by Gasteiger charge is -2.05. The van der Waals surface area contributed by atoms with E-state index in [9.17, 15) is 10.1 Å². The molecule has 0 spiro atoms. The maximum Gasteiger partial charge on any atom is 0.316 e. The molecule has 0 atom stereocenters. The first-order valence-corrected chi connectivity index (χ1v) is 5.20. The number of anilines is 1. The molecule has 2 aromatic heterocycles. The summed E-state index contributed by atoms with van der Waals surface area (Å²) in [6, 6.07) is 3.37. The number of nitrogens with zero attached hydrogens (tertiary/aromatic N) is 4. The summed E-state index contributed by atoms with van der Waals surface area (Å²) in [5.74, 6) is 0.0163. The molecule has 2 heterocycles. The molecular formula is C11H11N5O2. The van der Waals surface area contributed by atoms with E-state index in [4.69, 9.17) is 5.73 Å². The van der Waals surface area contributed by atoms with Crippen molar-refractivity contribution in [2.75, 3.05) is 5.73 Å². The van der Waals surface area contributed by atoms with Crippen LogP contribution < -0.4 is 5.73 Å². The molecule has 0 saturated carbocycles. The van der Waals surface area contributed by atoms with Crippen LogP contribution in [0, 0.1) is 24.0 Å². The molecule has 18 heavy (non-hydrogen) atoms. The van der Waals surface area contributed by atoms with E-state index in [1.807, 2.05) is 0 Å². The molecule has 0 aliphatic carbocycles. The molecule has 0 fully saturated rings. The lowest BCUT2D eigenvalue weighted by molar-refractivity contribution is -0.385. The minimum absolute atomic E-state index is 0.0163. The molecule has 0 radical (unpaired) electrons. The van der Waals surface area contributed by atoms with Crippen LogP contribution in [0.2, 0.25) is 0 Å². The summed E-state index contributed by atoms with van der Waals surface area (Å²) in [6.45, 7) is 3.33. The van der Waals surface area contributed by atoms with Gasteiger partial charge in [-0.25, -0.2) is 9.97 Å². The molecule has 2 rings (SSSR count). The highest BCUT2D eigenvalue weighted by molar-refractivity contribution is 5.71. The lowest BCUT2D eigenvalue weighted by Crippen LogP contribution is -2.04. The molecule has 7 nitrogen and oxygen atoms in total. The second kappa shape index (κ2) is 4.36. The van der Waals surface area contributed by atoms with E-state index in [-0.39, 0.29) is 23.0 Å². The Bertz CT molecular complexity index is 627. The summed E-state index contributed by atoms with van der Waals surface area (Å²) in [5.41, 5.74) is 7.23. The molecule has 2 N–H and O–H groups in total. The first kappa shape index (κ1) is 11.9. The molecule has 2 aromatic rings. The third-order valence-corrected chi connectivity index (χ3v) is 2.43. The third kappa shape index (κ3) is 2.10. The molecule has 7 heteroatoms. The fourth-order valence-corrected chi connectivity index (χ4v) is 1.70.